The molecule has 0 atom stereocenters. The lowest BCUT2D eigenvalue weighted by molar-refractivity contribution is -0.144. The number of carboxylic acids is 2. The van der Waals surface area contributed by atoms with Crippen LogP contribution >= 0.6 is 0 Å². The van der Waals surface area contributed by atoms with Crippen LogP contribution in [-0.4, -0.2) is 22.2 Å². The maximum atomic E-state index is 10.4. The van der Waals surface area contributed by atoms with E-state index in [1.807, 2.05) is 0 Å². The molecule has 4 nitrogen and oxygen atoms in total. The number of aliphatic carboxylic acids is 2. The molecule has 4 heteroatoms. The molecule has 0 fully saturated rings. The largest absolute Gasteiger partial charge is 0.481 e. The molecule has 0 aliphatic carbocycles. The van der Waals surface area contributed by atoms with E-state index in [-0.39, 0.29) is 0 Å². The Labute approximate surface area is 64.2 Å². The first-order valence-corrected chi connectivity index (χ1v) is 3.02. The van der Waals surface area contributed by atoms with Gasteiger partial charge in [-0.05, 0) is 13.8 Å². The zero-order chi connectivity index (χ0) is 9.07. The molecule has 0 aromatic carbocycles. The van der Waals surface area contributed by atoms with Crippen LogP contribution in [-0.2, 0) is 9.59 Å². The van der Waals surface area contributed by atoms with Gasteiger partial charge in [0.25, 0.3) is 0 Å². The molecule has 0 radical (unpaired) electrons. The zero-order valence-corrected chi connectivity index (χ0v) is 6.37. The number of hydrogen-bond donors (Lipinski definition) is 2. The first kappa shape index (κ1) is 9.68. The van der Waals surface area contributed by atoms with E-state index >= 15 is 0 Å². The highest BCUT2D eigenvalue weighted by atomic mass is 16.4. The second-order valence-corrected chi connectivity index (χ2v) is 2.70. The zero-order valence-electron chi connectivity index (χ0n) is 6.37. The topological polar surface area (TPSA) is 74.6 Å². The molecule has 0 rings (SSSR count). The highest BCUT2D eigenvalue weighted by molar-refractivity contribution is 5.83. The summed E-state index contributed by atoms with van der Waals surface area (Å²) in [5.41, 5.74) is -1.11. The molecule has 0 unspecified atom stereocenters. The standard InChI is InChI=1S/C7H10O4/c1-7(2,6(10)11)4-3-5(8)9/h3-4H,1-2H3,(H,8,9)(H,10,11). The fourth-order valence-electron chi connectivity index (χ4n) is 0.351. The van der Waals surface area contributed by atoms with Gasteiger partial charge in [-0.1, -0.05) is 6.08 Å². The second kappa shape index (κ2) is 3.18. The number of rotatable bonds is 3. The van der Waals surface area contributed by atoms with Crippen LogP contribution in [0.25, 0.3) is 0 Å². The molecule has 0 aliphatic heterocycles. The fraction of sp³-hybridized carbons (Fsp3) is 0.429. The van der Waals surface area contributed by atoms with Crippen LogP contribution in [0.15, 0.2) is 12.2 Å². The Balaban J connectivity index is 4.35. The van der Waals surface area contributed by atoms with Crippen molar-refractivity contribution >= 4 is 11.9 Å². The third kappa shape index (κ3) is 3.40. The van der Waals surface area contributed by atoms with E-state index < -0.39 is 17.4 Å². The average Bonchev–Trinajstić information content (AvgIpc) is 1.84. The number of hydrogen-bond acceptors (Lipinski definition) is 2. The third-order valence-electron chi connectivity index (χ3n) is 1.19. The molecule has 0 heterocycles. The molecule has 0 aliphatic rings. The summed E-state index contributed by atoms with van der Waals surface area (Å²) in [6.45, 7) is 2.85. The van der Waals surface area contributed by atoms with Gasteiger partial charge in [0.1, 0.15) is 0 Å². The minimum absolute atomic E-state index is 0.828. The molecule has 0 saturated carbocycles. The summed E-state index contributed by atoms with van der Waals surface area (Å²) in [5.74, 6) is -2.19. The maximum Gasteiger partial charge on any atom is 0.328 e. The van der Waals surface area contributed by atoms with Crippen molar-refractivity contribution in [2.24, 2.45) is 5.41 Å². The molecular formula is C7H10O4. The SMILES string of the molecule is CC(C)(C=CC(=O)O)C(=O)O. The Morgan fingerprint density at radius 1 is 1.27 bits per heavy atom. The minimum atomic E-state index is -1.14. The highest BCUT2D eigenvalue weighted by Crippen LogP contribution is 2.16. The maximum absolute atomic E-state index is 10.4. The number of carbonyl (C=O) groups is 2. The van der Waals surface area contributed by atoms with E-state index in [9.17, 15) is 9.59 Å². The van der Waals surface area contributed by atoms with Gasteiger partial charge in [-0.25, -0.2) is 4.79 Å². The first-order valence-electron chi connectivity index (χ1n) is 3.02. The van der Waals surface area contributed by atoms with E-state index in [2.05, 4.69) is 0 Å². The predicted octanol–water partition coefficient (Wildman–Crippen LogP) is 0.738. The highest BCUT2D eigenvalue weighted by Gasteiger charge is 2.23. The van der Waals surface area contributed by atoms with Crippen LogP contribution in [0.1, 0.15) is 13.8 Å². The van der Waals surface area contributed by atoms with Gasteiger partial charge in [-0.3, -0.25) is 4.79 Å². The lowest BCUT2D eigenvalue weighted by atomic mass is 9.93. The fourth-order valence-corrected chi connectivity index (χ4v) is 0.351. The van der Waals surface area contributed by atoms with Gasteiger partial charge < -0.3 is 10.2 Å². The Bertz CT molecular complexity index is 202. The Hall–Kier alpha value is -1.32. The molecule has 0 aromatic rings. The lowest BCUT2D eigenvalue weighted by Gasteiger charge is -2.11. The molecule has 0 bridgehead atoms. The monoisotopic (exact) mass is 158 g/mol. The molecule has 62 valence electrons. The predicted molar refractivity (Wildman–Crippen MR) is 38.2 cm³/mol. The normalized spacial score (nSPS) is 11.8. The van der Waals surface area contributed by atoms with E-state index in [0.717, 1.165) is 12.2 Å². The Morgan fingerprint density at radius 3 is 2.00 bits per heavy atom. The van der Waals surface area contributed by atoms with Crippen molar-refractivity contribution in [1.82, 2.24) is 0 Å². The summed E-state index contributed by atoms with van der Waals surface area (Å²) >= 11 is 0. The van der Waals surface area contributed by atoms with Crippen LogP contribution in [0.4, 0.5) is 0 Å². The summed E-state index contributed by atoms with van der Waals surface area (Å²) in [4.78, 5) is 20.4. The summed E-state index contributed by atoms with van der Waals surface area (Å²) in [7, 11) is 0. The van der Waals surface area contributed by atoms with Crippen molar-refractivity contribution in [3.63, 3.8) is 0 Å². The molecule has 0 amide bonds. The van der Waals surface area contributed by atoms with Crippen LogP contribution in [0.5, 0.6) is 0 Å². The lowest BCUT2D eigenvalue weighted by Crippen LogP contribution is -2.20. The summed E-state index contributed by atoms with van der Waals surface area (Å²) in [6.07, 6.45) is 1.96. The van der Waals surface area contributed by atoms with Gasteiger partial charge in [0.05, 0.1) is 5.41 Å². The molecule has 0 spiro atoms. The summed E-state index contributed by atoms with van der Waals surface area (Å²) in [6, 6.07) is 0. The Morgan fingerprint density at radius 2 is 1.73 bits per heavy atom. The van der Waals surface area contributed by atoms with Gasteiger partial charge in [-0.15, -0.1) is 0 Å². The molecule has 0 aromatic heterocycles. The van der Waals surface area contributed by atoms with E-state index in [0.29, 0.717) is 0 Å². The second-order valence-electron chi connectivity index (χ2n) is 2.70. The van der Waals surface area contributed by atoms with Gasteiger partial charge in [0.2, 0.25) is 0 Å². The van der Waals surface area contributed by atoms with Gasteiger partial charge in [0.15, 0.2) is 0 Å². The van der Waals surface area contributed by atoms with Crippen molar-refractivity contribution in [3.8, 4) is 0 Å². The quantitative estimate of drug-likeness (QED) is 0.594. The molecule has 0 saturated heterocycles. The van der Waals surface area contributed by atoms with E-state index in [4.69, 9.17) is 10.2 Å². The van der Waals surface area contributed by atoms with Crippen molar-refractivity contribution < 1.29 is 19.8 Å². The van der Waals surface area contributed by atoms with Gasteiger partial charge >= 0.3 is 11.9 Å². The minimum Gasteiger partial charge on any atom is -0.481 e. The number of carboxylic acid groups (broad SMARTS) is 2. The third-order valence-corrected chi connectivity index (χ3v) is 1.19. The summed E-state index contributed by atoms with van der Waals surface area (Å²) in [5, 5.41) is 16.7. The average molecular weight is 158 g/mol. The van der Waals surface area contributed by atoms with Crippen molar-refractivity contribution in [1.29, 1.82) is 0 Å². The van der Waals surface area contributed by atoms with Gasteiger partial charge in [0, 0.05) is 6.08 Å². The smallest absolute Gasteiger partial charge is 0.328 e. The molecule has 11 heavy (non-hydrogen) atoms. The molecular weight excluding hydrogens is 148 g/mol. The van der Waals surface area contributed by atoms with Crippen molar-refractivity contribution in [2.45, 2.75) is 13.8 Å². The Kier molecular flexibility index (Phi) is 2.80. The van der Waals surface area contributed by atoms with Crippen LogP contribution in [0.3, 0.4) is 0 Å². The van der Waals surface area contributed by atoms with Crippen LogP contribution in [0, 0.1) is 5.41 Å². The van der Waals surface area contributed by atoms with Crippen LogP contribution < -0.4 is 0 Å². The van der Waals surface area contributed by atoms with E-state index in [1.54, 1.807) is 0 Å². The van der Waals surface area contributed by atoms with Crippen molar-refractivity contribution in [2.75, 3.05) is 0 Å². The van der Waals surface area contributed by atoms with E-state index in [1.165, 1.54) is 13.8 Å². The van der Waals surface area contributed by atoms with Crippen molar-refractivity contribution in [3.05, 3.63) is 12.2 Å². The first-order chi connectivity index (χ1) is 4.86. The molecule has 2 N–H and O–H groups in total. The summed E-state index contributed by atoms with van der Waals surface area (Å²) < 4.78 is 0. The van der Waals surface area contributed by atoms with Gasteiger partial charge in [-0.2, -0.15) is 0 Å². The van der Waals surface area contributed by atoms with Crippen LogP contribution in [0.2, 0.25) is 0 Å².